The SMILES string of the molecule is C=C[C@@H]1C[C@]1(NC(=O)[C@@H]1C[C@@H](Oc2nc3cc(OC)ccc3nc2C(F)(F)F)CN1C(=O)[C@@H](NC(=O)O)C(C)(C)C)C(=O)NS(=O)(=O)C1(C)CC1. The second-order valence-corrected chi connectivity index (χ2v) is 16.5. The van der Waals surface area contributed by atoms with Gasteiger partial charge < -0.3 is 30.1 Å². The monoisotopic (exact) mass is 740 g/mol. The molecule has 1 aliphatic heterocycles. The molecule has 19 heteroatoms. The molecule has 3 fully saturated rings. The lowest BCUT2D eigenvalue weighted by Crippen LogP contribution is -2.60. The molecule has 51 heavy (non-hydrogen) atoms. The number of alkyl halides is 3. The predicted molar refractivity (Wildman–Crippen MR) is 174 cm³/mol. The number of carbonyl (C=O) groups is 4. The van der Waals surface area contributed by atoms with Crippen LogP contribution in [0.4, 0.5) is 18.0 Å². The van der Waals surface area contributed by atoms with Gasteiger partial charge in [0.25, 0.3) is 5.91 Å². The minimum Gasteiger partial charge on any atom is -0.497 e. The summed E-state index contributed by atoms with van der Waals surface area (Å²) in [6.07, 6.45) is -6.25. The standard InChI is InChI=1S/C32H39F3N6O9S/c1-7-16-14-31(16,27(44)40-51(47,48)30(5)10-11-30)39-24(42)21-13-18(15-41(21)26(43)23(29(2,3)4)38-28(45)46)50-25-22(32(33,34)35)36-19-9-8-17(49-6)12-20(19)37-25/h7-9,12,16,18,21,23,38H,1,10-11,13-15H2,2-6H3,(H,39,42)(H,40,44)(H,45,46)/t16-,18-,21+,23-,31-/m1/s1. The van der Waals surface area contributed by atoms with Gasteiger partial charge in [-0.05, 0) is 43.7 Å². The van der Waals surface area contributed by atoms with Crippen molar-refractivity contribution in [2.75, 3.05) is 13.7 Å². The Morgan fingerprint density at radius 1 is 1.14 bits per heavy atom. The molecule has 2 heterocycles. The zero-order valence-corrected chi connectivity index (χ0v) is 29.3. The Hall–Kier alpha value is -4.68. The van der Waals surface area contributed by atoms with Crippen LogP contribution < -0.4 is 24.8 Å². The molecule has 0 spiro atoms. The number of amides is 4. The van der Waals surface area contributed by atoms with Crippen LogP contribution in [0.2, 0.25) is 0 Å². The van der Waals surface area contributed by atoms with Gasteiger partial charge in [-0.25, -0.2) is 23.2 Å². The highest BCUT2D eigenvalue weighted by atomic mass is 32.2. The number of carboxylic acid groups (broad SMARTS) is 1. The summed E-state index contributed by atoms with van der Waals surface area (Å²) >= 11 is 0. The number of aromatic nitrogens is 2. The highest BCUT2D eigenvalue weighted by Crippen LogP contribution is 2.47. The highest BCUT2D eigenvalue weighted by Gasteiger charge is 2.63. The van der Waals surface area contributed by atoms with Gasteiger partial charge in [-0.2, -0.15) is 13.2 Å². The molecule has 4 amide bonds. The van der Waals surface area contributed by atoms with Crippen LogP contribution in [-0.4, -0.2) is 94.3 Å². The lowest BCUT2D eigenvalue weighted by Gasteiger charge is -2.35. The fourth-order valence-corrected chi connectivity index (χ4v) is 7.31. The maximum Gasteiger partial charge on any atom is 0.438 e. The van der Waals surface area contributed by atoms with Crippen molar-refractivity contribution in [3.63, 3.8) is 0 Å². The summed E-state index contributed by atoms with van der Waals surface area (Å²) in [7, 11) is -2.75. The van der Waals surface area contributed by atoms with Gasteiger partial charge in [-0.1, -0.05) is 26.8 Å². The average Bonchev–Trinajstić information content (AvgIpc) is 3.92. The van der Waals surface area contributed by atoms with E-state index in [-0.39, 0.29) is 23.2 Å². The Bertz CT molecular complexity index is 1900. The number of benzene rings is 1. The summed E-state index contributed by atoms with van der Waals surface area (Å²) in [5.74, 6) is -4.17. The number of ether oxygens (including phenoxy) is 2. The Morgan fingerprint density at radius 2 is 1.80 bits per heavy atom. The van der Waals surface area contributed by atoms with Gasteiger partial charge in [-0.3, -0.25) is 19.1 Å². The summed E-state index contributed by atoms with van der Waals surface area (Å²) in [5, 5.41) is 14.2. The number of rotatable bonds is 11. The van der Waals surface area contributed by atoms with Crippen molar-refractivity contribution in [3.05, 3.63) is 36.5 Å². The number of methoxy groups -OCH3 is 1. The number of sulfonamides is 1. The third-order valence-corrected chi connectivity index (χ3v) is 11.7. The van der Waals surface area contributed by atoms with Crippen molar-refractivity contribution in [2.45, 2.75) is 88.0 Å². The van der Waals surface area contributed by atoms with Crippen molar-refractivity contribution in [1.29, 1.82) is 0 Å². The van der Waals surface area contributed by atoms with Crippen LogP contribution in [0.15, 0.2) is 30.9 Å². The van der Waals surface area contributed by atoms with Gasteiger partial charge >= 0.3 is 12.3 Å². The summed E-state index contributed by atoms with van der Waals surface area (Å²) in [4.78, 5) is 61.9. The van der Waals surface area contributed by atoms with Crippen LogP contribution >= 0.6 is 0 Å². The number of nitrogens with one attached hydrogen (secondary N) is 3. The fraction of sp³-hybridized carbons (Fsp3) is 0.562. The van der Waals surface area contributed by atoms with E-state index in [0.29, 0.717) is 12.8 Å². The van der Waals surface area contributed by atoms with Crippen LogP contribution in [-0.2, 0) is 30.6 Å². The number of carbonyl (C=O) groups excluding carboxylic acids is 3. The molecule has 4 N–H and O–H groups in total. The van der Waals surface area contributed by atoms with E-state index in [2.05, 4.69) is 31.9 Å². The average molecular weight is 741 g/mol. The molecule has 5 atom stereocenters. The molecule has 1 aromatic carbocycles. The van der Waals surface area contributed by atoms with E-state index < -0.39 is 104 Å². The molecule has 5 rings (SSSR count). The first kappa shape index (κ1) is 37.6. The predicted octanol–water partition coefficient (Wildman–Crippen LogP) is 2.75. The molecule has 3 aliphatic rings. The van der Waals surface area contributed by atoms with Crippen molar-refractivity contribution in [2.24, 2.45) is 11.3 Å². The Labute approximate surface area is 291 Å². The van der Waals surface area contributed by atoms with E-state index >= 15 is 0 Å². The van der Waals surface area contributed by atoms with Crippen molar-refractivity contribution in [3.8, 4) is 11.6 Å². The van der Waals surface area contributed by atoms with E-state index in [9.17, 15) is 45.9 Å². The number of likely N-dealkylation sites (tertiary alicyclic amines) is 1. The lowest BCUT2D eigenvalue weighted by molar-refractivity contribution is -0.143. The summed E-state index contributed by atoms with van der Waals surface area (Å²) in [6.45, 7) is 9.35. The zero-order valence-electron chi connectivity index (χ0n) is 28.5. The maximum absolute atomic E-state index is 14.2. The minimum absolute atomic E-state index is 0.00295. The van der Waals surface area contributed by atoms with Gasteiger partial charge in [0.1, 0.15) is 29.5 Å². The molecule has 1 saturated heterocycles. The van der Waals surface area contributed by atoms with Gasteiger partial charge in [-0.15, -0.1) is 6.58 Å². The molecule has 1 aromatic heterocycles. The van der Waals surface area contributed by atoms with Gasteiger partial charge in [0, 0.05) is 18.4 Å². The fourth-order valence-electron chi connectivity index (χ4n) is 6.00. The molecule has 2 aromatic rings. The Morgan fingerprint density at radius 3 is 2.33 bits per heavy atom. The van der Waals surface area contributed by atoms with Crippen LogP contribution in [0.3, 0.4) is 0 Å². The van der Waals surface area contributed by atoms with Crippen molar-refractivity contribution in [1.82, 2.24) is 30.2 Å². The molecule has 0 bridgehead atoms. The Balaban J connectivity index is 1.49. The second-order valence-electron chi connectivity index (χ2n) is 14.4. The van der Waals surface area contributed by atoms with E-state index in [4.69, 9.17) is 9.47 Å². The molecule has 15 nitrogen and oxygen atoms in total. The molecule has 2 saturated carbocycles. The molecule has 0 radical (unpaired) electrons. The van der Waals surface area contributed by atoms with Crippen LogP contribution in [0, 0.1) is 11.3 Å². The molecular formula is C32H39F3N6O9S. The van der Waals surface area contributed by atoms with Crippen molar-refractivity contribution >= 4 is 44.9 Å². The third kappa shape index (κ3) is 7.38. The molecule has 0 unspecified atom stereocenters. The van der Waals surface area contributed by atoms with Gasteiger partial charge in [0.05, 0.1) is 29.4 Å². The quantitative estimate of drug-likeness (QED) is 0.247. The number of halogens is 3. The van der Waals surface area contributed by atoms with E-state index in [1.165, 1.54) is 38.3 Å². The van der Waals surface area contributed by atoms with E-state index in [1.807, 2.05) is 0 Å². The first-order valence-corrected chi connectivity index (χ1v) is 17.4. The maximum atomic E-state index is 14.2. The van der Waals surface area contributed by atoms with Crippen LogP contribution in [0.1, 0.15) is 59.1 Å². The van der Waals surface area contributed by atoms with Crippen LogP contribution in [0.25, 0.3) is 11.0 Å². The van der Waals surface area contributed by atoms with Crippen molar-refractivity contribution < 1.29 is 55.3 Å². The topological polar surface area (TPSA) is 206 Å². The number of fused-ring (bicyclic) bond motifs is 1. The highest BCUT2D eigenvalue weighted by molar-refractivity contribution is 7.91. The summed E-state index contributed by atoms with van der Waals surface area (Å²) in [6, 6.07) is 1.12. The van der Waals surface area contributed by atoms with E-state index in [0.717, 1.165) is 4.90 Å². The second kappa shape index (κ2) is 12.8. The third-order valence-electron chi connectivity index (χ3n) is 9.50. The number of hydrogen-bond donors (Lipinski definition) is 4. The van der Waals surface area contributed by atoms with E-state index in [1.54, 1.807) is 20.8 Å². The number of hydrogen-bond acceptors (Lipinski definition) is 10. The van der Waals surface area contributed by atoms with Gasteiger partial charge in [0.15, 0.2) is 0 Å². The molecular weight excluding hydrogens is 701 g/mol. The lowest BCUT2D eigenvalue weighted by atomic mass is 9.85. The normalized spacial score (nSPS) is 24.6. The summed E-state index contributed by atoms with van der Waals surface area (Å²) < 4.78 is 80.2. The first-order chi connectivity index (χ1) is 23.5. The Kier molecular flexibility index (Phi) is 9.45. The summed E-state index contributed by atoms with van der Waals surface area (Å²) in [5.41, 5.74) is -4.35. The largest absolute Gasteiger partial charge is 0.497 e. The minimum atomic E-state index is -5.02. The van der Waals surface area contributed by atoms with Gasteiger partial charge in [0.2, 0.25) is 33.4 Å². The number of nitrogens with zero attached hydrogens (tertiary/aromatic N) is 3. The first-order valence-electron chi connectivity index (χ1n) is 16.0. The molecule has 2 aliphatic carbocycles. The smallest absolute Gasteiger partial charge is 0.438 e. The van der Waals surface area contributed by atoms with Crippen LogP contribution in [0.5, 0.6) is 11.6 Å². The zero-order chi connectivity index (χ0) is 37.9. The molecule has 278 valence electrons.